The van der Waals surface area contributed by atoms with Crippen LogP contribution in [0.25, 0.3) is 0 Å². The first-order valence-corrected chi connectivity index (χ1v) is 6.31. The van der Waals surface area contributed by atoms with Crippen molar-refractivity contribution in [2.24, 2.45) is 0 Å². The minimum absolute atomic E-state index is 0.141. The van der Waals surface area contributed by atoms with Crippen LogP contribution in [0.4, 0.5) is 5.82 Å². The maximum absolute atomic E-state index is 11.7. The van der Waals surface area contributed by atoms with Crippen molar-refractivity contribution in [1.29, 1.82) is 0 Å². The van der Waals surface area contributed by atoms with E-state index in [4.69, 9.17) is 21.4 Å². The third-order valence-corrected chi connectivity index (χ3v) is 2.74. The van der Waals surface area contributed by atoms with Crippen molar-refractivity contribution in [2.45, 2.75) is 0 Å². The second kappa shape index (κ2) is 6.71. The molecule has 0 aliphatic carbocycles. The molecule has 6 nitrogen and oxygen atoms in total. The summed E-state index contributed by atoms with van der Waals surface area (Å²) >= 11 is 5.89. The molecule has 0 saturated heterocycles. The number of rotatable bonds is 5. The van der Waals surface area contributed by atoms with Crippen molar-refractivity contribution in [2.75, 3.05) is 11.9 Å². The number of carbonyl (C=O) groups is 2. The van der Waals surface area contributed by atoms with Crippen LogP contribution in [0, 0.1) is 0 Å². The molecule has 0 saturated carbocycles. The molecule has 0 aliphatic rings. The summed E-state index contributed by atoms with van der Waals surface area (Å²) in [5.74, 6) is -1.10. The smallest absolute Gasteiger partial charge is 0.354 e. The van der Waals surface area contributed by atoms with Crippen LogP contribution in [0.3, 0.4) is 0 Å². The maximum atomic E-state index is 11.7. The van der Waals surface area contributed by atoms with Crippen LogP contribution in [0.2, 0.25) is 5.02 Å². The number of amides is 1. The molecule has 0 bridgehead atoms. The first-order chi connectivity index (χ1) is 10.1. The molecule has 1 heterocycles. The molecule has 0 spiro atoms. The fourth-order valence-corrected chi connectivity index (χ4v) is 1.70. The van der Waals surface area contributed by atoms with Gasteiger partial charge in [0.15, 0.2) is 12.3 Å². The van der Waals surface area contributed by atoms with Gasteiger partial charge in [0.2, 0.25) is 0 Å². The second-order valence-electron chi connectivity index (χ2n) is 3.98. The largest absolute Gasteiger partial charge is 0.482 e. The van der Waals surface area contributed by atoms with E-state index in [0.717, 1.165) is 0 Å². The summed E-state index contributed by atoms with van der Waals surface area (Å²) in [6.07, 6.45) is 0. The van der Waals surface area contributed by atoms with Crippen LogP contribution in [0.15, 0.2) is 42.5 Å². The number of halogens is 1. The standard InChI is InChI=1S/C14H11ClN2O4/c15-9-4-1-2-6-11(9)21-8-13(18)17-12-7-3-5-10(16-12)14(19)20/h1-7H,8H2,(H,19,20)(H,16,17,18). The zero-order valence-electron chi connectivity index (χ0n) is 10.7. The molecular weight excluding hydrogens is 296 g/mol. The van der Waals surface area contributed by atoms with E-state index in [1.54, 1.807) is 24.3 Å². The molecule has 0 radical (unpaired) electrons. The predicted molar refractivity (Wildman–Crippen MR) is 76.8 cm³/mol. The molecular formula is C14H11ClN2O4. The Bertz CT molecular complexity index is 676. The quantitative estimate of drug-likeness (QED) is 0.885. The second-order valence-corrected chi connectivity index (χ2v) is 4.39. The molecule has 0 atom stereocenters. The van der Waals surface area contributed by atoms with Crippen molar-refractivity contribution in [3.05, 3.63) is 53.2 Å². The van der Waals surface area contributed by atoms with Gasteiger partial charge in [-0.2, -0.15) is 0 Å². The van der Waals surface area contributed by atoms with Gasteiger partial charge in [0.1, 0.15) is 11.6 Å². The van der Waals surface area contributed by atoms with E-state index in [0.29, 0.717) is 10.8 Å². The highest BCUT2D eigenvalue weighted by Gasteiger charge is 2.09. The van der Waals surface area contributed by atoms with Crippen molar-refractivity contribution in [3.63, 3.8) is 0 Å². The molecule has 1 aromatic carbocycles. The topological polar surface area (TPSA) is 88.5 Å². The van der Waals surface area contributed by atoms with Gasteiger partial charge in [0, 0.05) is 0 Å². The Morgan fingerprint density at radius 2 is 1.95 bits per heavy atom. The number of para-hydroxylation sites is 1. The summed E-state index contributed by atoms with van der Waals surface area (Å²) < 4.78 is 5.26. The zero-order chi connectivity index (χ0) is 15.2. The normalized spacial score (nSPS) is 9.95. The summed E-state index contributed by atoms with van der Waals surface area (Å²) in [4.78, 5) is 26.3. The fourth-order valence-electron chi connectivity index (χ4n) is 1.51. The van der Waals surface area contributed by atoms with Crippen LogP contribution in [-0.2, 0) is 4.79 Å². The van der Waals surface area contributed by atoms with Crippen LogP contribution < -0.4 is 10.1 Å². The molecule has 2 aromatic rings. The number of carbonyl (C=O) groups excluding carboxylic acids is 1. The first kappa shape index (κ1) is 14.8. The number of carboxylic acid groups (broad SMARTS) is 1. The lowest BCUT2D eigenvalue weighted by atomic mass is 10.3. The van der Waals surface area contributed by atoms with E-state index in [1.807, 2.05) is 0 Å². The Hall–Kier alpha value is -2.60. The van der Waals surface area contributed by atoms with Gasteiger partial charge in [-0.3, -0.25) is 4.79 Å². The monoisotopic (exact) mass is 306 g/mol. The molecule has 1 amide bonds. The number of aromatic nitrogens is 1. The number of benzene rings is 1. The van der Waals surface area contributed by atoms with Crippen LogP contribution in [0.5, 0.6) is 5.75 Å². The van der Waals surface area contributed by atoms with Crippen LogP contribution in [0.1, 0.15) is 10.5 Å². The molecule has 1 aromatic heterocycles. The number of pyridine rings is 1. The first-order valence-electron chi connectivity index (χ1n) is 5.94. The minimum Gasteiger partial charge on any atom is -0.482 e. The summed E-state index contributed by atoms with van der Waals surface area (Å²) in [6, 6.07) is 11.1. The summed E-state index contributed by atoms with van der Waals surface area (Å²) in [7, 11) is 0. The van der Waals surface area contributed by atoms with Crippen molar-refractivity contribution < 1.29 is 19.4 Å². The van der Waals surface area contributed by atoms with Gasteiger partial charge in [-0.15, -0.1) is 0 Å². The highest BCUT2D eigenvalue weighted by Crippen LogP contribution is 2.22. The average Bonchev–Trinajstić information content (AvgIpc) is 2.46. The molecule has 0 unspecified atom stereocenters. The van der Waals surface area contributed by atoms with Gasteiger partial charge in [0.05, 0.1) is 5.02 Å². The van der Waals surface area contributed by atoms with Crippen LogP contribution in [-0.4, -0.2) is 28.6 Å². The number of nitrogens with zero attached hydrogens (tertiary/aromatic N) is 1. The summed E-state index contributed by atoms with van der Waals surface area (Å²) in [5.41, 5.74) is -0.153. The van der Waals surface area contributed by atoms with E-state index in [9.17, 15) is 9.59 Å². The Morgan fingerprint density at radius 1 is 1.19 bits per heavy atom. The average molecular weight is 307 g/mol. The summed E-state index contributed by atoms with van der Waals surface area (Å²) in [5, 5.41) is 11.7. The molecule has 21 heavy (non-hydrogen) atoms. The number of carboxylic acids is 1. The molecule has 108 valence electrons. The molecule has 2 rings (SSSR count). The Morgan fingerprint density at radius 3 is 2.67 bits per heavy atom. The zero-order valence-corrected chi connectivity index (χ0v) is 11.5. The van der Waals surface area contributed by atoms with E-state index < -0.39 is 11.9 Å². The number of hydrogen-bond donors (Lipinski definition) is 2. The van der Waals surface area contributed by atoms with E-state index >= 15 is 0 Å². The maximum Gasteiger partial charge on any atom is 0.354 e. The van der Waals surface area contributed by atoms with E-state index in [2.05, 4.69) is 10.3 Å². The van der Waals surface area contributed by atoms with Gasteiger partial charge in [-0.25, -0.2) is 9.78 Å². The van der Waals surface area contributed by atoms with Gasteiger partial charge in [-0.05, 0) is 24.3 Å². The fraction of sp³-hybridized carbons (Fsp3) is 0.0714. The third-order valence-electron chi connectivity index (χ3n) is 2.43. The number of anilines is 1. The lowest BCUT2D eigenvalue weighted by Crippen LogP contribution is -2.21. The van der Waals surface area contributed by atoms with Gasteiger partial charge >= 0.3 is 5.97 Å². The lowest BCUT2D eigenvalue weighted by molar-refractivity contribution is -0.118. The Kier molecular flexibility index (Phi) is 4.73. The van der Waals surface area contributed by atoms with E-state index in [1.165, 1.54) is 18.2 Å². The number of ether oxygens (including phenoxy) is 1. The van der Waals surface area contributed by atoms with Gasteiger partial charge in [-0.1, -0.05) is 29.8 Å². The SMILES string of the molecule is O=C(COc1ccccc1Cl)Nc1cccc(C(=O)O)n1. The molecule has 2 N–H and O–H groups in total. The Labute approximate surface area is 125 Å². The highest BCUT2D eigenvalue weighted by molar-refractivity contribution is 6.32. The number of nitrogens with one attached hydrogen (secondary N) is 1. The predicted octanol–water partition coefficient (Wildman–Crippen LogP) is 2.45. The van der Waals surface area contributed by atoms with Crippen molar-refractivity contribution in [3.8, 4) is 5.75 Å². The summed E-state index contributed by atoms with van der Waals surface area (Å²) in [6.45, 7) is -0.261. The van der Waals surface area contributed by atoms with Crippen molar-refractivity contribution in [1.82, 2.24) is 4.98 Å². The molecule has 7 heteroatoms. The molecule has 0 fully saturated rings. The molecule has 0 aliphatic heterocycles. The highest BCUT2D eigenvalue weighted by atomic mass is 35.5. The minimum atomic E-state index is -1.17. The van der Waals surface area contributed by atoms with Crippen LogP contribution >= 0.6 is 11.6 Å². The van der Waals surface area contributed by atoms with Gasteiger partial charge in [0.25, 0.3) is 5.91 Å². The van der Waals surface area contributed by atoms with Crippen molar-refractivity contribution >= 4 is 29.3 Å². The number of aromatic carboxylic acids is 1. The third kappa shape index (κ3) is 4.19. The Balaban J connectivity index is 1.95. The number of hydrogen-bond acceptors (Lipinski definition) is 4. The van der Waals surface area contributed by atoms with E-state index in [-0.39, 0.29) is 18.1 Å². The van der Waals surface area contributed by atoms with Gasteiger partial charge < -0.3 is 15.2 Å². The lowest BCUT2D eigenvalue weighted by Gasteiger charge is -2.08.